The number of fused-ring (bicyclic) bond motifs is 1. The van der Waals surface area contributed by atoms with Gasteiger partial charge in [0.1, 0.15) is 0 Å². The summed E-state index contributed by atoms with van der Waals surface area (Å²) in [5.74, 6) is -0.568. The molecule has 0 fully saturated rings. The van der Waals surface area contributed by atoms with Gasteiger partial charge in [0.05, 0.1) is 23.7 Å². The number of para-hydroxylation sites is 1. The second-order valence-electron chi connectivity index (χ2n) is 5.88. The smallest absolute Gasteiger partial charge is 0.338 e. The SMILES string of the molecule is CCOC(=O)C1=C(C)NC(=O)N[C@@H]1c1cc2cccc(C)c2[nH]c1=O. The van der Waals surface area contributed by atoms with Gasteiger partial charge in [-0.1, -0.05) is 18.2 Å². The third kappa shape index (κ3) is 3.00. The van der Waals surface area contributed by atoms with Gasteiger partial charge in [-0.3, -0.25) is 4.79 Å². The first-order valence-electron chi connectivity index (χ1n) is 8.00. The second-order valence-corrected chi connectivity index (χ2v) is 5.88. The summed E-state index contributed by atoms with van der Waals surface area (Å²) in [6.45, 7) is 5.41. The number of hydrogen-bond acceptors (Lipinski definition) is 4. The molecule has 0 saturated carbocycles. The number of aromatic nitrogens is 1. The van der Waals surface area contributed by atoms with E-state index in [0.29, 0.717) is 5.70 Å². The molecule has 130 valence electrons. The number of H-pyrrole nitrogens is 1. The Bertz CT molecular complexity index is 958. The van der Waals surface area contributed by atoms with E-state index in [0.717, 1.165) is 16.5 Å². The molecule has 3 N–H and O–H groups in total. The van der Waals surface area contributed by atoms with E-state index in [1.807, 2.05) is 25.1 Å². The number of carbonyl (C=O) groups excluding carboxylic acids is 2. The summed E-state index contributed by atoms with van der Waals surface area (Å²) < 4.78 is 5.08. The van der Waals surface area contributed by atoms with Crippen LogP contribution in [0.3, 0.4) is 0 Å². The standard InChI is InChI=1S/C18H19N3O4/c1-4-25-17(23)13-10(3)19-18(24)21-15(13)12-8-11-7-5-6-9(2)14(11)20-16(12)22/h5-8,15H,4H2,1-3H3,(H,20,22)(H2,19,21,24)/t15-/m1/s1. The molecular formula is C18H19N3O4. The van der Waals surface area contributed by atoms with Crippen molar-refractivity contribution in [3.8, 4) is 0 Å². The van der Waals surface area contributed by atoms with Crippen LogP contribution in [-0.4, -0.2) is 23.6 Å². The Balaban J connectivity index is 2.18. The lowest BCUT2D eigenvalue weighted by atomic mass is 9.95. The zero-order valence-electron chi connectivity index (χ0n) is 14.2. The van der Waals surface area contributed by atoms with Crippen molar-refractivity contribution in [1.29, 1.82) is 0 Å². The average Bonchev–Trinajstić information content (AvgIpc) is 2.54. The van der Waals surface area contributed by atoms with E-state index in [1.165, 1.54) is 0 Å². The fraction of sp³-hybridized carbons (Fsp3) is 0.278. The van der Waals surface area contributed by atoms with Crippen molar-refractivity contribution in [3.63, 3.8) is 0 Å². The van der Waals surface area contributed by atoms with Crippen molar-refractivity contribution in [1.82, 2.24) is 15.6 Å². The maximum absolute atomic E-state index is 12.6. The molecule has 0 unspecified atom stereocenters. The van der Waals surface area contributed by atoms with Crippen LogP contribution in [-0.2, 0) is 9.53 Å². The highest BCUT2D eigenvalue weighted by atomic mass is 16.5. The van der Waals surface area contributed by atoms with Crippen LogP contribution < -0.4 is 16.2 Å². The fourth-order valence-corrected chi connectivity index (χ4v) is 3.02. The van der Waals surface area contributed by atoms with E-state index in [1.54, 1.807) is 19.9 Å². The third-order valence-corrected chi connectivity index (χ3v) is 4.19. The lowest BCUT2D eigenvalue weighted by Gasteiger charge is -2.27. The highest BCUT2D eigenvalue weighted by molar-refractivity contribution is 5.95. The topological polar surface area (TPSA) is 100 Å². The van der Waals surface area contributed by atoms with Crippen LogP contribution in [0.15, 0.2) is 40.3 Å². The van der Waals surface area contributed by atoms with Crippen LogP contribution in [0.2, 0.25) is 0 Å². The Hall–Kier alpha value is -3.09. The van der Waals surface area contributed by atoms with Gasteiger partial charge in [0.15, 0.2) is 0 Å². The Kier molecular flexibility index (Phi) is 4.31. The monoisotopic (exact) mass is 341 g/mol. The second kappa shape index (κ2) is 6.43. The summed E-state index contributed by atoms with van der Waals surface area (Å²) in [5, 5.41) is 6.02. The zero-order chi connectivity index (χ0) is 18.1. The van der Waals surface area contributed by atoms with Gasteiger partial charge in [0.25, 0.3) is 5.56 Å². The van der Waals surface area contributed by atoms with Crippen molar-refractivity contribution in [2.45, 2.75) is 26.8 Å². The number of allylic oxidation sites excluding steroid dienone is 1. The van der Waals surface area contributed by atoms with E-state index in [2.05, 4.69) is 15.6 Å². The molecule has 2 amide bonds. The van der Waals surface area contributed by atoms with Crippen molar-refractivity contribution in [2.75, 3.05) is 6.61 Å². The van der Waals surface area contributed by atoms with E-state index >= 15 is 0 Å². The molecule has 3 rings (SSSR count). The molecule has 0 bridgehead atoms. The number of benzene rings is 1. The van der Waals surface area contributed by atoms with Gasteiger partial charge in [-0.15, -0.1) is 0 Å². The maximum atomic E-state index is 12.6. The number of esters is 1. The Morgan fingerprint density at radius 3 is 2.72 bits per heavy atom. The summed E-state index contributed by atoms with van der Waals surface area (Å²) >= 11 is 0. The third-order valence-electron chi connectivity index (χ3n) is 4.19. The molecule has 1 aliphatic rings. The van der Waals surface area contributed by atoms with E-state index < -0.39 is 18.0 Å². The van der Waals surface area contributed by atoms with Crippen molar-refractivity contribution in [2.24, 2.45) is 0 Å². The predicted octanol–water partition coefficient (Wildman–Crippen LogP) is 2.03. The van der Waals surface area contributed by atoms with E-state index in [9.17, 15) is 14.4 Å². The zero-order valence-corrected chi connectivity index (χ0v) is 14.2. The van der Waals surface area contributed by atoms with Crippen LogP contribution in [0.1, 0.15) is 31.0 Å². The molecule has 7 nitrogen and oxygen atoms in total. The molecule has 2 heterocycles. The fourth-order valence-electron chi connectivity index (χ4n) is 3.02. The maximum Gasteiger partial charge on any atom is 0.338 e. The lowest BCUT2D eigenvalue weighted by molar-refractivity contribution is -0.139. The number of ether oxygens (including phenoxy) is 1. The Morgan fingerprint density at radius 2 is 2.00 bits per heavy atom. The Morgan fingerprint density at radius 1 is 1.24 bits per heavy atom. The summed E-state index contributed by atoms with van der Waals surface area (Å²) in [6.07, 6.45) is 0. The molecule has 0 saturated heterocycles. The summed E-state index contributed by atoms with van der Waals surface area (Å²) in [4.78, 5) is 39.7. The normalized spacial score (nSPS) is 17.2. The van der Waals surface area contributed by atoms with Gasteiger partial charge in [0.2, 0.25) is 0 Å². The first-order valence-corrected chi connectivity index (χ1v) is 8.00. The summed E-state index contributed by atoms with van der Waals surface area (Å²) in [7, 11) is 0. The van der Waals surface area contributed by atoms with Gasteiger partial charge in [-0.2, -0.15) is 0 Å². The summed E-state index contributed by atoms with van der Waals surface area (Å²) in [6, 6.07) is 6.00. The first kappa shape index (κ1) is 16.8. The number of amides is 2. The van der Waals surface area contributed by atoms with Gasteiger partial charge in [0, 0.05) is 11.3 Å². The highest BCUT2D eigenvalue weighted by Crippen LogP contribution is 2.27. The number of nitrogens with one attached hydrogen (secondary N) is 3. The van der Waals surface area contributed by atoms with Gasteiger partial charge >= 0.3 is 12.0 Å². The van der Waals surface area contributed by atoms with Crippen LogP contribution in [0.25, 0.3) is 10.9 Å². The molecule has 0 spiro atoms. The van der Waals surface area contributed by atoms with Crippen molar-refractivity contribution < 1.29 is 14.3 Å². The van der Waals surface area contributed by atoms with Gasteiger partial charge < -0.3 is 20.4 Å². The Labute approximate surface area is 144 Å². The average molecular weight is 341 g/mol. The minimum atomic E-state index is -0.874. The molecule has 1 aliphatic heterocycles. The molecule has 1 aromatic heterocycles. The van der Waals surface area contributed by atoms with Crippen LogP contribution in [0.4, 0.5) is 4.79 Å². The highest BCUT2D eigenvalue weighted by Gasteiger charge is 2.33. The molecular weight excluding hydrogens is 322 g/mol. The number of urea groups is 1. The minimum absolute atomic E-state index is 0.198. The molecule has 0 radical (unpaired) electrons. The molecule has 1 aromatic carbocycles. The van der Waals surface area contributed by atoms with Gasteiger partial charge in [-0.25, -0.2) is 9.59 Å². The first-order chi connectivity index (χ1) is 11.9. The van der Waals surface area contributed by atoms with E-state index in [4.69, 9.17) is 4.74 Å². The van der Waals surface area contributed by atoms with E-state index in [-0.39, 0.29) is 23.3 Å². The van der Waals surface area contributed by atoms with Crippen LogP contribution in [0.5, 0.6) is 0 Å². The van der Waals surface area contributed by atoms with Crippen molar-refractivity contribution in [3.05, 3.63) is 57.0 Å². The van der Waals surface area contributed by atoms with Crippen molar-refractivity contribution >= 4 is 22.9 Å². The molecule has 25 heavy (non-hydrogen) atoms. The quantitative estimate of drug-likeness (QED) is 0.744. The molecule has 2 aromatic rings. The lowest BCUT2D eigenvalue weighted by Crippen LogP contribution is -2.46. The summed E-state index contributed by atoms with van der Waals surface area (Å²) in [5.41, 5.74) is 2.19. The minimum Gasteiger partial charge on any atom is -0.463 e. The van der Waals surface area contributed by atoms with Crippen LogP contribution in [0, 0.1) is 6.92 Å². The number of rotatable bonds is 3. The number of aromatic amines is 1. The number of pyridine rings is 1. The van der Waals surface area contributed by atoms with Crippen LogP contribution >= 0.6 is 0 Å². The molecule has 1 atom stereocenters. The molecule has 0 aliphatic carbocycles. The number of hydrogen-bond donors (Lipinski definition) is 3. The van der Waals surface area contributed by atoms with Gasteiger partial charge in [-0.05, 0) is 37.8 Å². The number of aryl methyl sites for hydroxylation is 1. The largest absolute Gasteiger partial charge is 0.463 e. The number of carbonyl (C=O) groups is 2. The predicted molar refractivity (Wildman–Crippen MR) is 93.0 cm³/mol. The molecule has 7 heteroatoms.